The molecule has 2 aromatic rings. The molecule has 1 aromatic carbocycles. The minimum Gasteiger partial charge on any atom is -0.494 e. The molecule has 4 nitrogen and oxygen atoms in total. The first-order chi connectivity index (χ1) is 10.2. The summed E-state index contributed by atoms with van der Waals surface area (Å²) in [5, 5.41) is 3.99. The van der Waals surface area contributed by atoms with Gasteiger partial charge >= 0.3 is 0 Å². The van der Waals surface area contributed by atoms with Gasteiger partial charge in [-0.1, -0.05) is 36.7 Å². The summed E-state index contributed by atoms with van der Waals surface area (Å²) < 4.78 is 5.72. The number of halogens is 1. The van der Waals surface area contributed by atoms with E-state index in [0.29, 0.717) is 17.4 Å². The Morgan fingerprint density at radius 2 is 2.05 bits per heavy atom. The van der Waals surface area contributed by atoms with E-state index in [0.717, 1.165) is 23.4 Å². The van der Waals surface area contributed by atoms with Crippen LogP contribution in [0.15, 0.2) is 36.5 Å². The summed E-state index contributed by atoms with van der Waals surface area (Å²) in [6.07, 6.45) is 1.55. The average molecular weight is 306 g/mol. The fourth-order valence-corrected chi connectivity index (χ4v) is 2.46. The van der Waals surface area contributed by atoms with Crippen LogP contribution >= 0.6 is 11.6 Å². The fourth-order valence-electron chi connectivity index (χ4n) is 2.29. The predicted octanol–water partition coefficient (Wildman–Crippen LogP) is 3.41. The maximum Gasteiger partial charge on any atom is 0.128 e. The first-order valence-electron chi connectivity index (χ1n) is 7.03. The Morgan fingerprint density at radius 1 is 1.29 bits per heavy atom. The normalized spacial score (nSPS) is 12.1. The van der Waals surface area contributed by atoms with Crippen molar-refractivity contribution in [2.75, 3.05) is 18.9 Å². The van der Waals surface area contributed by atoms with Crippen LogP contribution in [-0.2, 0) is 0 Å². The number of benzene rings is 1. The molecular formula is C16H20ClN3O. The van der Waals surface area contributed by atoms with Gasteiger partial charge < -0.3 is 15.8 Å². The highest BCUT2D eigenvalue weighted by Gasteiger charge is 2.20. The van der Waals surface area contributed by atoms with Gasteiger partial charge in [-0.05, 0) is 25.6 Å². The molecule has 0 aliphatic heterocycles. The van der Waals surface area contributed by atoms with E-state index < -0.39 is 0 Å². The molecule has 0 saturated heterocycles. The number of rotatable bonds is 6. The highest BCUT2D eigenvalue weighted by molar-refractivity contribution is 6.30. The Morgan fingerprint density at radius 3 is 2.76 bits per heavy atom. The number of nitrogens with one attached hydrogen (secondary N) is 1. The second-order valence-corrected chi connectivity index (χ2v) is 5.03. The number of aromatic nitrogens is 1. The van der Waals surface area contributed by atoms with Gasteiger partial charge in [-0.25, -0.2) is 4.98 Å². The van der Waals surface area contributed by atoms with Gasteiger partial charge in [0.25, 0.3) is 0 Å². The third kappa shape index (κ3) is 3.65. The molecule has 2 rings (SSSR count). The highest BCUT2D eigenvalue weighted by atomic mass is 35.5. The molecule has 0 bridgehead atoms. The van der Waals surface area contributed by atoms with Crippen LogP contribution < -0.4 is 15.8 Å². The van der Waals surface area contributed by atoms with Gasteiger partial charge in [0.1, 0.15) is 11.6 Å². The lowest BCUT2D eigenvalue weighted by Gasteiger charge is -2.22. The lowest BCUT2D eigenvalue weighted by atomic mass is 9.98. The van der Waals surface area contributed by atoms with Crippen molar-refractivity contribution in [3.63, 3.8) is 0 Å². The van der Waals surface area contributed by atoms with Crippen LogP contribution in [0, 0.1) is 0 Å². The van der Waals surface area contributed by atoms with Crippen LogP contribution in [0.3, 0.4) is 0 Å². The van der Waals surface area contributed by atoms with E-state index in [1.165, 1.54) is 0 Å². The monoisotopic (exact) mass is 305 g/mol. The van der Waals surface area contributed by atoms with E-state index in [1.807, 2.05) is 44.2 Å². The van der Waals surface area contributed by atoms with Crippen molar-refractivity contribution in [2.45, 2.75) is 19.9 Å². The number of ether oxygens (including phenoxy) is 1. The van der Waals surface area contributed by atoms with Crippen LogP contribution in [-0.4, -0.2) is 18.1 Å². The molecule has 1 unspecified atom stereocenters. The van der Waals surface area contributed by atoms with Crippen LogP contribution in [0.4, 0.5) is 5.82 Å². The smallest absolute Gasteiger partial charge is 0.128 e. The summed E-state index contributed by atoms with van der Waals surface area (Å²) in [7, 11) is 0. The summed E-state index contributed by atoms with van der Waals surface area (Å²) in [6, 6.07) is 9.66. The van der Waals surface area contributed by atoms with Crippen molar-refractivity contribution in [3.05, 3.63) is 52.7 Å². The first kappa shape index (κ1) is 15.6. The van der Waals surface area contributed by atoms with E-state index in [9.17, 15) is 0 Å². The molecule has 3 N–H and O–H groups in total. The molecule has 0 saturated carbocycles. The molecule has 0 aliphatic rings. The van der Waals surface area contributed by atoms with E-state index >= 15 is 0 Å². The number of hydrogen-bond donors (Lipinski definition) is 2. The zero-order valence-corrected chi connectivity index (χ0v) is 13.0. The lowest BCUT2D eigenvalue weighted by molar-refractivity contribution is 0.333. The second-order valence-electron chi connectivity index (χ2n) is 4.59. The number of nitrogen functional groups attached to an aromatic ring is 1. The van der Waals surface area contributed by atoms with Gasteiger partial charge in [0, 0.05) is 17.3 Å². The van der Waals surface area contributed by atoms with Crippen LogP contribution in [0.5, 0.6) is 5.75 Å². The van der Waals surface area contributed by atoms with Crippen LogP contribution in [0.25, 0.3) is 0 Å². The highest BCUT2D eigenvalue weighted by Crippen LogP contribution is 2.33. The summed E-state index contributed by atoms with van der Waals surface area (Å²) in [4.78, 5) is 4.15. The Bertz CT molecular complexity index is 604. The van der Waals surface area contributed by atoms with E-state index in [1.54, 1.807) is 6.20 Å². The van der Waals surface area contributed by atoms with E-state index in [4.69, 9.17) is 22.1 Å². The second kappa shape index (κ2) is 7.29. The van der Waals surface area contributed by atoms with Crippen molar-refractivity contribution in [3.8, 4) is 5.75 Å². The summed E-state index contributed by atoms with van der Waals surface area (Å²) in [6.45, 7) is 5.41. The Balaban J connectivity index is 2.50. The predicted molar refractivity (Wildman–Crippen MR) is 86.8 cm³/mol. The largest absolute Gasteiger partial charge is 0.494 e. The summed E-state index contributed by atoms with van der Waals surface area (Å²) >= 11 is 6.07. The van der Waals surface area contributed by atoms with Crippen molar-refractivity contribution < 1.29 is 4.74 Å². The molecule has 0 spiro atoms. The number of anilines is 1. The molecule has 0 fully saturated rings. The van der Waals surface area contributed by atoms with Gasteiger partial charge in [-0.15, -0.1) is 0 Å². The molecule has 0 radical (unpaired) electrons. The minimum absolute atomic E-state index is 0.107. The summed E-state index contributed by atoms with van der Waals surface area (Å²) in [5.41, 5.74) is 7.91. The first-order valence-corrected chi connectivity index (χ1v) is 7.41. The molecule has 0 aliphatic carbocycles. The SMILES string of the molecule is CCNC(c1ccccc1OCC)c1cc(Cl)cnc1N. The Labute approximate surface area is 130 Å². The number of para-hydroxylation sites is 1. The van der Waals surface area contributed by atoms with Crippen LogP contribution in [0.2, 0.25) is 5.02 Å². The molecule has 5 heteroatoms. The van der Waals surface area contributed by atoms with Gasteiger partial charge in [0.05, 0.1) is 17.7 Å². The molecule has 112 valence electrons. The lowest BCUT2D eigenvalue weighted by Crippen LogP contribution is -2.24. The third-order valence-electron chi connectivity index (χ3n) is 3.17. The standard InChI is InChI=1S/C16H20ClN3O/c1-3-19-15(13-9-11(17)10-20-16(13)18)12-7-5-6-8-14(12)21-4-2/h5-10,15,19H,3-4H2,1-2H3,(H2,18,20). The van der Waals surface area contributed by atoms with E-state index in [2.05, 4.69) is 10.3 Å². The molecule has 1 aromatic heterocycles. The number of hydrogen-bond acceptors (Lipinski definition) is 4. The quantitative estimate of drug-likeness (QED) is 0.858. The van der Waals surface area contributed by atoms with E-state index in [-0.39, 0.29) is 6.04 Å². The molecule has 21 heavy (non-hydrogen) atoms. The Kier molecular flexibility index (Phi) is 5.42. The third-order valence-corrected chi connectivity index (χ3v) is 3.37. The van der Waals surface area contributed by atoms with Crippen molar-refractivity contribution in [1.82, 2.24) is 10.3 Å². The Hall–Kier alpha value is -1.78. The maximum atomic E-state index is 6.07. The molecule has 1 atom stereocenters. The van der Waals surface area contributed by atoms with Crippen molar-refractivity contribution in [2.24, 2.45) is 0 Å². The zero-order valence-electron chi connectivity index (χ0n) is 12.3. The number of nitrogens with zero attached hydrogens (tertiary/aromatic N) is 1. The van der Waals surface area contributed by atoms with Crippen molar-refractivity contribution in [1.29, 1.82) is 0 Å². The van der Waals surface area contributed by atoms with Gasteiger partial charge in [-0.2, -0.15) is 0 Å². The molecule has 1 heterocycles. The zero-order chi connectivity index (χ0) is 15.2. The topological polar surface area (TPSA) is 60.2 Å². The van der Waals surface area contributed by atoms with Crippen molar-refractivity contribution >= 4 is 17.4 Å². The average Bonchev–Trinajstić information content (AvgIpc) is 2.49. The molecular weight excluding hydrogens is 286 g/mol. The fraction of sp³-hybridized carbons (Fsp3) is 0.312. The summed E-state index contributed by atoms with van der Waals surface area (Å²) in [5.74, 6) is 1.31. The van der Waals surface area contributed by atoms with Gasteiger partial charge in [0.2, 0.25) is 0 Å². The minimum atomic E-state index is -0.107. The van der Waals surface area contributed by atoms with Gasteiger partial charge in [0.15, 0.2) is 0 Å². The number of nitrogens with two attached hydrogens (primary N) is 1. The van der Waals surface area contributed by atoms with Gasteiger partial charge in [-0.3, -0.25) is 0 Å². The number of pyridine rings is 1. The van der Waals surface area contributed by atoms with Crippen LogP contribution in [0.1, 0.15) is 31.0 Å². The maximum absolute atomic E-state index is 6.07. The molecule has 0 amide bonds.